The van der Waals surface area contributed by atoms with Crippen molar-refractivity contribution in [3.8, 4) is 0 Å². The summed E-state index contributed by atoms with van der Waals surface area (Å²) in [6, 6.07) is 6.37. The van der Waals surface area contributed by atoms with Crippen molar-refractivity contribution in [2.24, 2.45) is 5.10 Å². The van der Waals surface area contributed by atoms with E-state index in [1.807, 2.05) is 0 Å². The molecule has 1 aromatic carbocycles. The summed E-state index contributed by atoms with van der Waals surface area (Å²) in [6.45, 7) is 0. The monoisotopic (exact) mass is 260 g/mol. The van der Waals surface area contributed by atoms with Gasteiger partial charge in [-0.2, -0.15) is 5.10 Å². The van der Waals surface area contributed by atoms with Crippen LogP contribution in [0.15, 0.2) is 29.4 Å². The molecule has 0 aromatic heterocycles. The average Bonchev–Trinajstić information content (AvgIpc) is 2.30. The second-order valence-corrected chi connectivity index (χ2v) is 4.09. The van der Waals surface area contributed by atoms with Crippen LogP contribution < -0.4 is 35.0 Å². The van der Waals surface area contributed by atoms with Crippen LogP contribution in [0.1, 0.15) is 17.3 Å². The first kappa shape index (κ1) is 14.2. The fourth-order valence-electron chi connectivity index (χ4n) is 1.21. The maximum Gasteiger partial charge on any atom is 1.00 e. The molecular formula is C10H9N2NaO3S. The molecule has 1 amide bonds. The topological polar surface area (TPSA) is 78.8 Å². The predicted molar refractivity (Wildman–Crippen MR) is 61.7 cm³/mol. The fraction of sp³-hybridized carbons (Fsp3) is 0.100. The number of benzene rings is 1. The van der Waals surface area contributed by atoms with Gasteiger partial charge in [-0.1, -0.05) is 23.9 Å². The summed E-state index contributed by atoms with van der Waals surface area (Å²) >= 11 is 1.33. The molecule has 0 fully saturated rings. The summed E-state index contributed by atoms with van der Waals surface area (Å²) in [6.07, 6.45) is 0. The van der Waals surface area contributed by atoms with Crippen LogP contribution in [0.25, 0.3) is 0 Å². The number of thioether (sulfide) groups is 1. The van der Waals surface area contributed by atoms with Gasteiger partial charge in [0.05, 0.1) is 11.3 Å². The molecule has 1 aliphatic heterocycles. The number of hydrazone groups is 1. The van der Waals surface area contributed by atoms with E-state index in [9.17, 15) is 9.59 Å². The molecule has 0 atom stereocenters. The number of amides is 1. The molecule has 2 N–H and O–H groups in total. The molecule has 0 saturated heterocycles. The number of nitrogens with zero attached hydrogens (tertiary/aromatic N) is 1. The minimum absolute atomic E-state index is 0. The van der Waals surface area contributed by atoms with Gasteiger partial charge in [0.25, 0.3) is 5.91 Å². The first-order valence-corrected chi connectivity index (χ1v) is 5.48. The molecule has 0 bridgehead atoms. The van der Waals surface area contributed by atoms with E-state index >= 15 is 0 Å². The SMILES string of the molecule is O=C1CSC(c2ccc(C(=O)O)cc2)=NN1.[H-].[Na+]. The minimum atomic E-state index is -0.960. The van der Waals surface area contributed by atoms with E-state index in [0.717, 1.165) is 5.56 Å². The van der Waals surface area contributed by atoms with Crippen molar-refractivity contribution in [2.45, 2.75) is 0 Å². The Balaban J connectivity index is 0.00000144. The number of nitrogens with one attached hydrogen (secondary N) is 1. The normalized spacial score (nSPS) is 14.4. The Morgan fingerprint density at radius 1 is 1.41 bits per heavy atom. The van der Waals surface area contributed by atoms with Crippen molar-refractivity contribution >= 4 is 28.7 Å². The zero-order valence-electron chi connectivity index (χ0n) is 10.1. The third-order valence-corrected chi connectivity index (χ3v) is 3.01. The van der Waals surface area contributed by atoms with Crippen LogP contribution >= 0.6 is 11.8 Å². The average molecular weight is 260 g/mol. The van der Waals surface area contributed by atoms with E-state index in [1.165, 1.54) is 23.9 Å². The molecule has 0 saturated carbocycles. The van der Waals surface area contributed by atoms with Crippen LogP contribution in [0.4, 0.5) is 0 Å². The van der Waals surface area contributed by atoms with Crippen molar-refractivity contribution in [3.63, 3.8) is 0 Å². The number of carboxylic acids is 1. The Hall–Kier alpha value is -0.820. The quantitative estimate of drug-likeness (QED) is 0.604. The number of rotatable bonds is 2. The molecule has 0 unspecified atom stereocenters. The van der Waals surface area contributed by atoms with Crippen LogP contribution in [0, 0.1) is 0 Å². The van der Waals surface area contributed by atoms with Crippen LogP contribution in [-0.2, 0) is 4.79 Å². The Morgan fingerprint density at radius 2 is 2.06 bits per heavy atom. The maximum atomic E-state index is 10.9. The molecule has 1 aliphatic rings. The minimum Gasteiger partial charge on any atom is -1.00 e. The standard InChI is InChI=1S/C10H8N2O3S.Na.H/c13-8-5-16-9(12-11-8)6-1-3-7(4-2-6)10(14)15;;/h1-4H,5H2,(H,11,13)(H,14,15);;/q;+1;-1. The summed E-state index contributed by atoms with van der Waals surface area (Å²) in [4.78, 5) is 21.5. The smallest absolute Gasteiger partial charge is 1.00 e. The molecular weight excluding hydrogens is 251 g/mol. The molecule has 0 radical (unpaired) electrons. The molecule has 7 heteroatoms. The van der Waals surface area contributed by atoms with Gasteiger partial charge in [0, 0.05) is 5.56 Å². The van der Waals surface area contributed by atoms with Gasteiger partial charge in [-0.05, 0) is 12.1 Å². The molecule has 1 aromatic rings. The largest absolute Gasteiger partial charge is 1.00 e. The van der Waals surface area contributed by atoms with Gasteiger partial charge in [0.15, 0.2) is 0 Å². The molecule has 5 nitrogen and oxygen atoms in total. The van der Waals surface area contributed by atoms with Crippen molar-refractivity contribution in [3.05, 3.63) is 35.4 Å². The Morgan fingerprint density at radius 3 is 2.53 bits per heavy atom. The van der Waals surface area contributed by atoms with Crippen molar-refractivity contribution in [1.82, 2.24) is 5.43 Å². The Kier molecular flexibility index (Phi) is 5.20. The van der Waals surface area contributed by atoms with Gasteiger partial charge in [-0.3, -0.25) is 4.79 Å². The molecule has 1 heterocycles. The Labute approximate surface area is 125 Å². The molecule has 0 aliphatic carbocycles. The van der Waals surface area contributed by atoms with Gasteiger partial charge < -0.3 is 6.53 Å². The predicted octanol–water partition coefficient (Wildman–Crippen LogP) is -1.97. The fourth-order valence-corrected chi connectivity index (χ4v) is 1.96. The van der Waals surface area contributed by atoms with Crippen molar-refractivity contribution < 1.29 is 45.7 Å². The number of carbonyl (C=O) groups is 2. The van der Waals surface area contributed by atoms with Gasteiger partial charge in [0.2, 0.25) is 0 Å². The summed E-state index contributed by atoms with van der Waals surface area (Å²) in [5.41, 5.74) is 3.41. The summed E-state index contributed by atoms with van der Waals surface area (Å²) < 4.78 is 0. The van der Waals surface area contributed by atoms with E-state index in [4.69, 9.17) is 5.11 Å². The number of hydrogen-bond acceptors (Lipinski definition) is 4. The van der Waals surface area contributed by atoms with Crippen molar-refractivity contribution in [2.75, 3.05) is 5.75 Å². The zero-order chi connectivity index (χ0) is 11.5. The second kappa shape index (κ2) is 6.20. The van der Waals surface area contributed by atoms with E-state index in [2.05, 4.69) is 10.5 Å². The zero-order valence-corrected chi connectivity index (χ0v) is 12.0. The molecule has 2 rings (SSSR count). The summed E-state index contributed by atoms with van der Waals surface area (Å²) in [5, 5.41) is 13.3. The van der Waals surface area contributed by atoms with Crippen LogP contribution in [0.3, 0.4) is 0 Å². The van der Waals surface area contributed by atoms with Crippen LogP contribution in [0.5, 0.6) is 0 Å². The van der Waals surface area contributed by atoms with Gasteiger partial charge in [0.1, 0.15) is 5.04 Å². The third-order valence-electron chi connectivity index (χ3n) is 2.00. The number of carboxylic acid groups (broad SMARTS) is 1. The van der Waals surface area contributed by atoms with Crippen LogP contribution in [-0.4, -0.2) is 27.8 Å². The Bertz CT molecular complexity index is 479. The van der Waals surface area contributed by atoms with E-state index in [1.54, 1.807) is 12.1 Å². The summed E-state index contributed by atoms with van der Waals surface area (Å²) in [7, 11) is 0. The third kappa shape index (κ3) is 3.57. The van der Waals surface area contributed by atoms with Gasteiger partial charge in [-0.25, -0.2) is 10.2 Å². The van der Waals surface area contributed by atoms with Gasteiger partial charge >= 0.3 is 35.5 Å². The van der Waals surface area contributed by atoms with Crippen molar-refractivity contribution in [1.29, 1.82) is 0 Å². The number of carbonyl (C=O) groups excluding carboxylic acids is 1. The summed E-state index contributed by atoms with van der Waals surface area (Å²) in [5.74, 6) is -0.756. The van der Waals surface area contributed by atoms with Crippen LogP contribution in [0.2, 0.25) is 0 Å². The number of hydrogen-bond donors (Lipinski definition) is 2. The molecule has 84 valence electrons. The maximum absolute atomic E-state index is 10.9. The van der Waals surface area contributed by atoms with E-state index in [0.29, 0.717) is 10.8 Å². The molecule has 0 spiro atoms. The number of aromatic carboxylic acids is 1. The van der Waals surface area contributed by atoms with E-state index in [-0.39, 0.29) is 42.5 Å². The molecule has 17 heavy (non-hydrogen) atoms. The first-order valence-electron chi connectivity index (χ1n) is 4.50. The van der Waals surface area contributed by atoms with Gasteiger partial charge in [-0.15, -0.1) is 0 Å². The second-order valence-electron chi connectivity index (χ2n) is 3.12. The first-order chi connectivity index (χ1) is 7.66. The van der Waals surface area contributed by atoms with E-state index < -0.39 is 5.97 Å².